The van der Waals surface area contributed by atoms with Gasteiger partial charge >= 0.3 is 5.97 Å². The van der Waals surface area contributed by atoms with Crippen molar-refractivity contribution in [3.05, 3.63) is 0 Å². The second kappa shape index (κ2) is 6.37. The fourth-order valence-corrected chi connectivity index (χ4v) is 3.14. The van der Waals surface area contributed by atoms with Gasteiger partial charge < -0.3 is 15.3 Å². The van der Waals surface area contributed by atoms with E-state index in [0.29, 0.717) is 11.8 Å². The van der Waals surface area contributed by atoms with E-state index < -0.39 is 5.97 Å². The van der Waals surface area contributed by atoms with Gasteiger partial charge in [-0.05, 0) is 37.6 Å². The van der Waals surface area contributed by atoms with E-state index in [0.717, 1.165) is 45.4 Å². The van der Waals surface area contributed by atoms with Gasteiger partial charge in [0.2, 0.25) is 5.91 Å². The Morgan fingerprint density at radius 1 is 1.26 bits per heavy atom. The molecule has 0 bridgehead atoms. The van der Waals surface area contributed by atoms with Gasteiger partial charge in [0, 0.05) is 26.1 Å². The maximum absolute atomic E-state index is 12.4. The first kappa shape index (κ1) is 14.3. The lowest BCUT2D eigenvalue weighted by atomic mass is 9.90. The van der Waals surface area contributed by atoms with Crippen LogP contribution in [0, 0.1) is 17.8 Å². The third-order valence-electron chi connectivity index (χ3n) is 4.53. The number of nitrogens with one attached hydrogen (secondary N) is 1. The Morgan fingerprint density at radius 2 is 1.95 bits per heavy atom. The highest BCUT2D eigenvalue weighted by Gasteiger charge is 2.34. The minimum absolute atomic E-state index is 0.135. The van der Waals surface area contributed by atoms with Crippen LogP contribution in [0.4, 0.5) is 0 Å². The molecule has 5 nitrogen and oxygen atoms in total. The summed E-state index contributed by atoms with van der Waals surface area (Å²) in [6.07, 6.45) is 2.90. The minimum atomic E-state index is -0.718. The Morgan fingerprint density at radius 3 is 2.47 bits per heavy atom. The van der Waals surface area contributed by atoms with Gasteiger partial charge in [-0.3, -0.25) is 9.59 Å². The number of likely N-dealkylation sites (tertiary alicyclic amines) is 1. The van der Waals surface area contributed by atoms with E-state index in [4.69, 9.17) is 5.11 Å². The summed E-state index contributed by atoms with van der Waals surface area (Å²) in [5.74, 6) is 0.602. The molecule has 19 heavy (non-hydrogen) atoms. The van der Waals surface area contributed by atoms with Crippen LogP contribution in [0.5, 0.6) is 0 Å². The molecule has 0 aromatic rings. The van der Waals surface area contributed by atoms with E-state index in [1.54, 1.807) is 0 Å². The van der Waals surface area contributed by atoms with Crippen LogP contribution < -0.4 is 5.32 Å². The van der Waals surface area contributed by atoms with Gasteiger partial charge in [-0.25, -0.2) is 0 Å². The van der Waals surface area contributed by atoms with Gasteiger partial charge in [-0.1, -0.05) is 6.92 Å². The van der Waals surface area contributed by atoms with Crippen LogP contribution in [-0.2, 0) is 9.59 Å². The number of carbonyl (C=O) groups is 2. The molecule has 1 amide bonds. The molecule has 0 aromatic heterocycles. The fourth-order valence-electron chi connectivity index (χ4n) is 3.14. The van der Waals surface area contributed by atoms with Crippen LogP contribution in [0.15, 0.2) is 0 Å². The molecule has 2 rings (SSSR count). The van der Waals surface area contributed by atoms with Gasteiger partial charge in [0.25, 0.3) is 0 Å². The molecule has 5 heteroatoms. The molecule has 2 N–H and O–H groups in total. The quantitative estimate of drug-likeness (QED) is 0.796. The normalized spacial score (nSPS) is 28.6. The lowest BCUT2D eigenvalue weighted by Crippen LogP contribution is -2.43. The summed E-state index contributed by atoms with van der Waals surface area (Å²) in [5, 5.41) is 12.0. The van der Waals surface area contributed by atoms with Crippen molar-refractivity contribution in [2.24, 2.45) is 17.8 Å². The zero-order valence-electron chi connectivity index (χ0n) is 11.6. The summed E-state index contributed by atoms with van der Waals surface area (Å²) in [6.45, 7) is 5.46. The second-order valence-electron chi connectivity index (χ2n) is 5.94. The molecule has 0 aliphatic carbocycles. The van der Waals surface area contributed by atoms with Crippen LogP contribution in [0.3, 0.4) is 0 Å². The van der Waals surface area contributed by atoms with Crippen LogP contribution in [0.1, 0.15) is 32.6 Å². The maximum atomic E-state index is 12.4. The van der Waals surface area contributed by atoms with E-state index in [2.05, 4.69) is 12.2 Å². The molecule has 2 unspecified atom stereocenters. The molecule has 0 saturated carbocycles. The second-order valence-corrected chi connectivity index (χ2v) is 5.94. The summed E-state index contributed by atoms with van der Waals surface area (Å²) in [5.41, 5.74) is 0. The minimum Gasteiger partial charge on any atom is -0.481 e. The summed E-state index contributed by atoms with van der Waals surface area (Å²) >= 11 is 0. The molecule has 0 aromatic carbocycles. The number of nitrogens with zero attached hydrogens (tertiary/aromatic N) is 1. The predicted octanol–water partition coefficient (Wildman–Crippen LogP) is 0.945. The largest absolute Gasteiger partial charge is 0.481 e. The number of amides is 1. The van der Waals surface area contributed by atoms with Gasteiger partial charge in [-0.2, -0.15) is 0 Å². The SMILES string of the molecule is CC1CNCC1C(=O)N1CCC(CCC(=O)O)CC1. The van der Waals surface area contributed by atoms with Crippen molar-refractivity contribution in [3.8, 4) is 0 Å². The number of carbonyl (C=O) groups excluding carboxylic acids is 1. The Kier molecular flexibility index (Phi) is 4.80. The van der Waals surface area contributed by atoms with E-state index in [1.165, 1.54) is 0 Å². The number of aliphatic carboxylic acids is 1. The average molecular weight is 268 g/mol. The van der Waals surface area contributed by atoms with Crippen LogP contribution in [0.2, 0.25) is 0 Å². The highest BCUT2D eigenvalue weighted by molar-refractivity contribution is 5.79. The van der Waals surface area contributed by atoms with Crippen molar-refractivity contribution >= 4 is 11.9 Å². The van der Waals surface area contributed by atoms with E-state index >= 15 is 0 Å². The number of hydrogen-bond donors (Lipinski definition) is 2. The first-order valence-electron chi connectivity index (χ1n) is 7.29. The van der Waals surface area contributed by atoms with Crippen LogP contribution in [-0.4, -0.2) is 48.1 Å². The molecule has 2 fully saturated rings. The lowest BCUT2D eigenvalue weighted by Gasteiger charge is -2.34. The number of rotatable bonds is 4. The molecule has 108 valence electrons. The first-order valence-corrected chi connectivity index (χ1v) is 7.29. The van der Waals surface area contributed by atoms with Gasteiger partial charge in [0.1, 0.15) is 0 Å². The molecule has 2 saturated heterocycles. The smallest absolute Gasteiger partial charge is 0.303 e. The number of hydrogen-bond acceptors (Lipinski definition) is 3. The Balaban J connectivity index is 1.76. The topological polar surface area (TPSA) is 69.6 Å². The third-order valence-corrected chi connectivity index (χ3v) is 4.53. The summed E-state index contributed by atoms with van der Waals surface area (Å²) in [7, 11) is 0. The first-order chi connectivity index (χ1) is 9.08. The van der Waals surface area contributed by atoms with E-state index in [9.17, 15) is 9.59 Å². The highest BCUT2D eigenvalue weighted by atomic mass is 16.4. The molecule has 0 radical (unpaired) electrons. The van der Waals surface area contributed by atoms with Crippen LogP contribution >= 0.6 is 0 Å². The molecule has 0 spiro atoms. The Bertz CT molecular complexity index is 338. The molecular formula is C14H24N2O3. The van der Waals surface area contributed by atoms with Gasteiger partial charge in [0.15, 0.2) is 0 Å². The number of carboxylic acid groups (broad SMARTS) is 1. The van der Waals surface area contributed by atoms with Gasteiger partial charge in [-0.15, -0.1) is 0 Å². The maximum Gasteiger partial charge on any atom is 0.303 e. The molecule has 2 heterocycles. The van der Waals surface area contributed by atoms with Crippen molar-refractivity contribution in [1.82, 2.24) is 10.2 Å². The third kappa shape index (κ3) is 3.69. The summed E-state index contributed by atoms with van der Waals surface area (Å²) < 4.78 is 0. The Labute approximate surface area is 114 Å². The van der Waals surface area contributed by atoms with Crippen molar-refractivity contribution in [2.45, 2.75) is 32.6 Å². The highest BCUT2D eigenvalue weighted by Crippen LogP contribution is 2.25. The van der Waals surface area contributed by atoms with Crippen molar-refractivity contribution in [3.63, 3.8) is 0 Å². The zero-order chi connectivity index (χ0) is 13.8. The molecule has 2 aliphatic heterocycles. The predicted molar refractivity (Wildman–Crippen MR) is 71.7 cm³/mol. The standard InChI is InChI=1S/C14H24N2O3/c1-10-8-15-9-12(10)14(19)16-6-4-11(5-7-16)2-3-13(17)18/h10-12,15H,2-9H2,1H3,(H,17,18). The van der Waals surface area contributed by atoms with Crippen molar-refractivity contribution in [2.75, 3.05) is 26.2 Å². The number of carboxylic acids is 1. The fraction of sp³-hybridized carbons (Fsp3) is 0.857. The average Bonchev–Trinajstić information content (AvgIpc) is 2.82. The van der Waals surface area contributed by atoms with E-state index in [1.807, 2.05) is 4.90 Å². The Hall–Kier alpha value is -1.10. The lowest BCUT2D eigenvalue weighted by molar-refractivity contribution is -0.139. The zero-order valence-corrected chi connectivity index (χ0v) is 11.6. The molecule has 2 aliphatic rings. The van der Waals surface area contributed by atoms with Crippen LogP contribution in [0.25, 0.3) is 0 Å². The number of piperidine rings is 1. The summed E-state index contributed by atoms with van der Waals surface area (Å²) in [6, 6.07) is 0. The molecule has 2 atom stereocenters. The van der Waals surface area contributed by atoms with E-state index in [-0.39, 0.29) is 18.2 Å². The van der Waals surface area contributed by atoms with Crippen molar-refractivity contribution < 1.29 is 14.7 Å². The molecular weight excluding hydrogens is 244 g/mol. The monoisotopic (exact) mass is 268 g/mol. The summed E-state index contributed by atoms with van der Waals surface area (Å²) in [4.78, 5) is 24.9. The van der Waals surface area contributed by atoms with Gasteiger partial charge in [0.05, 0.1) is 5.92 Å². The van der Waals surface area contributed by atoms with Crippen molar-refractivity contribution in [1.29, 1.82) is 0 Å².